The molecule has 0 saturated carbocycles. The van der Waals surface area contributed by atoms with Crippen molar-refractivity contribution in [2.45, 2.75) is 99.8 Å². The van der Waals surface area contributed by atoms with E-state index in [0.29, 0.717) is 5.92 Å². The van der Waals surface area contributed by atoms with Crippen molar-refractivity contribution in [2.75, 3.05) is 0 Å². The van der Waals surface area contributed by atoms with Crippen LogP contribution in [0.2, 0.25) is 0 Å². The molecule has 0 unspecified atom stereocenters. The summed E-state index contributed by atoms with van der Waals surface area (Å²) in [5, 5.41) is 15.7. The van der Waals surface area contributed by atoms with Gasteiger partial charge in [-0.05, 0) is 77.6 Å². The van der Waals surface area contributed by atoms with Crippen molar-refractivity contribution < 1.29 is 30.0 Å². The fraction of sp³-hybridized carbons (Fsp3) is 0.409. The maximum absolute atomic E-state index is 11.7. The molecule has 3 nitrogen and oxygen atoms in total. The number of pyridine rings is 1. The van der Waals surface area contributed by atoms with Crippen LogP contribution < -0.4 is 0 Å². The van der Waals surface area contributed by atoms with Gasteiger partial charge in [0.25, 0.3) is 0 Å². The Balaban J connectivity index is 0.000000347. The third-order valence-corrected chi connectivity index (χ3v) is 10.3. The van der Waals surface area contributed by atoms with Gasteiger partial charge < -0.3 is 5.11 Å². The average Bonchev–Trinajstić information content (AvgIpc) is 3.56. The van der Waals surface area contributed by atoms with Crippen LogP contribution in [0.3, 0.4) is 0 Å². The van der Waals surface area contributed by atoms with Crippen LogP contribution >= 0.6 is 11.3 Å². The number of aliphatic hydroxyl groups is 1. The number of hydrogen-bond acceptors (Lipinski definition) is 4. The van der Waals surface area contributed by atoms with Crippen molar-refractivity contribution in [1.82, 2.24) is 4.98 Å². The van der Waals surface area contributed by atoms with Gasteiger partial charge in [0.2, 0.25) is 0 Å². The number of allylic oxidation sites excluding steroid dienone is 2. The third kappa shape index (κ3) is 10.00. The number of nitrogens with zero attached hydrogens (tertiary/aromatic N) is 1. The molecule has 0 spiro atoms. The van der Waals surface area contributed by atoms with E-state index in [1.54, 1.807) is 0 Å². The van der Waals surface area contributed by atoms with Crippen molar-refractivity contribution in [2.24, 2.45) is 17.8 Å². The summed E-state index contributed by atoms with van der Waals surface area (Å²) in [6.45, 7) is 19.5. The van der Waals surface area contributed by atoms with Crippen molar-refractivity contribution in [3.05, 3.63) is 101 Å². The minimum absolute atomic E-state index is 0. The minimum Gasteiger partial charge on any atom is -0.512 e. The maximum atomic E-state index is 11.7. The van der Waals surface area contributed by atoms with Crippen LogP contribution in [0.1, 0.15) is 99.1 Å². The molecule has 263 valence electrons. The van der Waals surface area contributed by atoms with E-state index >= 15 is 0 Å². The van der Waals surface area contributed by atoms with E-state index < -0.39 is 0 Å². The Kier molecular flexibility index (Phi) is 15.0. The van der Waals surface area contributed by atoms with Crippen LogP contribution in [-0.2, 0) is 36.7 Å². The molecular formula is C44H54IrNO2S-. The fourth-order valence-corrected chi connectivity index (χ4v) is 7.43. The summed E-state index contributed by atoms with van der Waals surface area (Å²) in [7, 11) is 0. The second kappa shape index (κ2) is 18.2. The summed E-state index contributed by atoms with van der Waals surface area (Å²) < 4.78 is 1.41. The molecular weight excluding hydrogens is 799 g/mol. The van der Waals surface area contributed by atoms with Crippen LogP contribution in [0.15, 0.2) is 84.1 Å². The van der Waals surface area contributed by atoms with E-state index in [9.17, 15) is 9.90 Å². The minimum atomic E-state index is 0. The molecule has 5 rings (SSSR count). The summed E-state index contributed by atoms with van der Waals surface area (Å²) in [5.41, 5.74) is 7.33. The Labute approximate surface area is 312 Å². The molecule has 0 atom stereocenters. The van der Waals surface area contributed by atoms with Gasteiger partial charge in [0.05, 0.1) is 5.76 Å². The Bertz CT molecular complexity index is 1850. The summed E-state index contributed by atoms with van der Waals surface area (Å²) in [5.74, 6) is 1.19. The predicted octanol–water partition coefficient (Wildman–Crippen LogP) is 12.9. The summed E-state index contributed by atoms with van der Waals surface area (Å²) in [4.78, 5) is 16.5. The van der Waals surface area contributed by atoms with Crippen LogP contribution in [0.25, 0.3) is 43.2 Å². The van der Waals surface area contributed by atoms with Crippen molar-refractivity contribution in [1.29, 1.82) is 0 Å². The molecule has 0 bridgehead atoms. The third-order valence-electron chi connectivity index (χ3n) is 9.34. The van der Waals surface area contributed by atoms with Crippen LogP contribution in [0, 0.1) is 23.8 Å². The van der Waals surface area contributed by atoms with Crippen LogP contribution in [0.5, 0.6) is 0 Å². The second-order valence-electron chi connectivity index (χ2n) is 14.4. The summed E-state index contributed by atoms with van der Waals surface area (Å²) in [6.07, 6.45) is 7.95. The van der Waals surface area contributed by atoms with E-state index in [1.165, 1.54) is 43.8 Å². The maximum Gasteiger partial charge on any atom is 0.162 e. The molecule has 0 amide bonds. The quantitative estimate of drug-likeness (QED) is 0.0818. The number of carbonyl (C=O) groups excluding carboxylic acids is 1. The van der Waals surface area contributed by atoms with E-state index in [4.69, 9.17) is 4.98 Å². The number of aromatic nitrogens is 1. The van der Waals surface area contributed by atoms with E-state index in [0.717, 1.165) is 48.7 Å². The normalized spacial score (nSPS) is 12.0. The first-order valence-corrected chi connectivity index (χ1v) is 18.6. The first-order valence-electron chi connectivity index (χ1n) is 17.8. The number of fused-ring (bicyclic) bond motifs is 2. The zero-order valence-corrected chi connectivity index (χ0v) is 34.0. The Morgan fingerprint density at radius 2 is 1.57 bits per heavy atom. The Hall–Kier alpha value is -3.11. The second-order valence-corrected chi connectivity index (χ2v) is 15.3. The first-order chi connectivity index (χ1) is 22.9. The Morgan fingerprint density at radius 3 is 2.20 bits per heavy atom. The molecule has 0 aliphatic rings. The van der Waals surface area contributed by atoms with Gasteiger partial charge in [-0.3, -0.25) is 9.78 Å². The molecule has 0 fully saturated rings. The van der Waals surface area contributed by atoms with Gasteiger partial charge in [0.15, 0.2) is 5.78 Å². The van der Waals surface area contributed by atoms with E-state index in [1.807, 2.05) is 45.2 Å². The molecule has 1 N–H and O–H groups in total. The summed E-state index contributed by atoms with van der Waals surface area (Å²) >= 11 is 1.85. The van der Waals surface area contributed by atoms with Gasteiger partial charge in [0, 0.05) is 60.0 Å². The van der Waals surface area contributed by atoms with Crippen LogP contribution in [0.4, 0.5) is 0 Å². The van der Waals surface area contributed by atoms with Crippen molar-refractivity contribution >= 4 is 38.0 Å². The van der Waals surface area contributed by atoms with Gasteiger partial charge in [-0.15, -0.1) is 40.5 Å². The van der Waals surface area contributed by atoms with E-state index in [-0.39, 0.29) is 48.9 Å². The first kappa shape index (κ1) is 40.3. The number of ketones is 1. The van der Waals surface area contributed by atoms with Crippen LogP contribution in [-0.4, -0.2) is 15.9 Å². The summed E-state index contributed by atoms with van der Waals surface area (Å²) in [6, 6.07) is 25.7. The number of hydrogen-bond donors (Lipinski definition) is 1. The Morgan fingerprint density at radius 1 is 0.898 bits per heavy atom. The molecule has 3 aromatic carbocycles. The SMILES string of the molecule is CC(C)Cc1ccc(-c2ccnc(-c3[c-]c4ccccc4c(C(C)(C)C)c3)c2)c2ccsc12.CCC(CC)C(=O)/C=C(\O)C(CC)CC.[Ir]. The fourth-order valence-electron chi connectivity index (χ4n) is 6.49. The number of thiophene rings is 1. The molecule has 1 radical (unpaired) electrons. The molecule has 49 heavy (non-hydrogen) atoms. The predicted molar refractivity (Wildman–Crippen MR) is 208 cm³/mol. The smallest absolute Gasteiger partial charge is 0.162 e. The van der Waals surface area contributed by atoms with Gasteiger partial charge >= 0.3 is 0 Å². The topological polar surface area (TPSA) is 50.2 Å². The molecule has 0 aliphatic heterocycles. The number of aliphatic hydroxyl groups excluding tert-OH is 1. The van der Waals surface area contributed by atoms with Gasteiger partial charge in [-0.1, -0.05) is 110 Å². The van der Waals surface area contributed by atoms with Gasteiger partial charge in [0.1, 0.15) is 0 Å². The zero-order chi connectivity index (χ0) is 35.0. The largest absolute Gasteiger partial charge is 0.512 e. The van der Waals surface area contributed by atoms with Gasteiger partial charge in [-0.2, -0.15) is 0 Å². The molecule has 0 aliphatic carbocycles. The standard InChI is InChI=1S/C31H30NS.C13H24O2.Ir/c1-20(2)16-23-10-11-25(27-13-15-33-30(23)27)22-12-14-32-29(19-22)24-17-21-8-6-7-9-26(21)28(18-24)31(3,4)5;1-5-10(6-2)12(14)9-13(15)11(7-3)8-4;/h6-15,18-20H,16H2,1-5H3;9-11,14H,5-8H2,1-4H3;/q-1;;/b;12-9-;. The van der Waals surface area contributed by atoms with Gasteiger partial charge in [-0.25, -0.2) is 0 Å². The van der Waals surface area contributed by atoms with E-state index in [2.05, 4.69) is 107 Å². The number of benzene rings is 3. The molecule has 5 heteroatoms. The average molecular weight is 853 g/mol. The number of carbonyl (C=O) groups is 1. The molecule has 2 heterocycles. The van der Waals surface area contributed by atoms with Crippen molar-refractivity contribution in [3.63, 3.8) is 0 Å². The monoisotopic (exact) mass is 853 g/mol. The zero-order valence-electron chi connectivity index (χ0n) is 30.8. The van der Waals surface area contributed by atoms with Crippen molar-refractivity contribution in [3.8, 4) is 22.4 Å². The number of rotatable bonds is 11. The molecule has 2 aromatic heterocycles. The molecule has 0 saturated heterocycles. The molecule has 5 aromatic rings.